The summed E-state index contributed by atoms with van der Waals surface area (Å²) in [6.07, 6.45) is 34.6. The average molecular weight is 640 g/mol. The molecule has 0 unspecified atom stereocenters. The Labute approximate surface area is 278 Å². The second kappa shape index (κ2) is 30.1. The molecule has 0 amide bonds. The average Bonchev–Trinajstić information content (AvgIpc) is 2.99. The maximum absolute atomic E-state index is 13.4. The van der Waals surface area contributed by atoms with E-state index in [9.17, 15) is 9.59 Å². The van der Waals surface area contributed by atoms with E-state index < -0.39 is 5.16 Å². The van der Waals surface area contributed by atoms with Crippen molar-refractivity contribution < 1.29 is 18.6 Å². The molecule has 0 aliphatic heterocycles. The molecule has 0 fully saturated rings. The minimum Gasteiger partial charge on any atom is -0.552 e. The quantitative estimate of drug-likeness (QED) is 0.0300. The third-order valence-corrected chi connectivity index (χ3v) is 10.4. The molecule has 0 saturated carbocycles. The molecule has 0 radical (unpaired) electrons. The second-order valence-electron chi connectivity index (χ2n) is 14.8. The zero-order valence-corrected chi connectivity index (χ0v) is 31.7. The number of hydrogen-bond acceptors (Lipinski definition) is 3. The first-order chi connectivity index (χ1) is 21.2. The smallest absolute Gasteiger partial charge is 0.119 e. The number of nitrogens with zero attached hydrogens (tertiary/aromatic N) is 1. The van der Waals surface area contributed by atoms with E-state index in [1.807, 2.05) is 6.92 Å². The summed E-state index contributed by atoms with van der Waals surface area (Å²) in [6.45, 7) is 7.84. The van der Waals surface area contributed by atoms with Gasteiger partial charge in [0.15, 0.2) is 0 Å². The van der Waals surface area contributed by atoms with Crippen molar-refractivity contribution in [1.82, 2.24) is 0 Å². The van der Waals surface area contributed by atoms with Crippen molar-refractivity contribution in [3.63, 3.8) is 0 Å². The minimum absolute atomic E-state index is 0.0900. The van der Waals surface area contributed by atoms with Crippen LogP contribution < -0.4 is 0 Å². The molecule has 0 aromatic heterocycles. The Kier molecular flexibility index (Phi) is 29.8. The fourth-order valence-electron chi connectivity index (χ4n) is 5.84. The number of likely N-dealkylation sites (N-methyl/N-ethyl adjacent to an activating group) is 1. The van der Waals surface area contributed by atoms with Gasteiger partial charge < -0.3 is 27.4 Å². The van der Waals surface area contributed by atoms with E-state index in [1.54, 1.807) is 0 Å². The largest absolute Gasteiger partial charge is 0.552 e. The Morgan fingerprint density at radius 1 is 0.500 bits per heavy atom. The van der Waals surface area contributed by atoms with Gasteiger partial charge in [0.05, 0.1) is 34.3 Å². The zero-order chi connectivity index (χ0) is 32.8. The van der Waals surface area contributed by atoms with Crippen LogP contribution in [0, 0.1) is 0 Å². The monoisotopic (exact) mass is 640 g/mol. The van der Waals surface area contributed by atoms with Crippen LogP contribution in [0.1, 0.15) is 201 Å². The van der Waals surface area contributed by atoms with E-state index in [-0.39, 0.29) is 11.6 Å². The molecule has 0 bridgehead atoms. The van der Waals surface area contributed by atoms with E-state index in [0.29, 0.717) is 28.3 Å². The molecular weight excluding hydrogens is 561 g/mol. The van der Waals surface area contributed by atoms with Crippen molar-refractivity contribution >= 4 is 20.4 Å². The number of carbonyl (C=O) groups excluding carboxylic acids is 2. The van der Waals surface area contributed by atoms with Crippen LogP contribution in [0.3, 0.4) is 0 Å². The van der Waals surface area contributed by atoms with E-state index in [4.69, 9.17) is 4.52 Å². The van der Waals surface area contributed by atoms with Gasteiger partial charge in [-0.25, -0.2) is 0 Å². The van der Waals surface area contributed by atoms with E-state index in [1.165, 1.54) is 141 Å². The molecule has 0 aliphatic rings. The molecule has 0 aliphatic carbocycles. The van der Waals surface area contributed by atoms with Gasteiger partial charge in [0, 0.05) is 12.8 Å². The first-order valence-corrected chi connectivity index (χ1v) is 20.2. The Hall–Kier alpha value is -0.310. The first-order valence-electron chi connectivity index (χ1n) is 19.4. The lowest BCUT2D eigenvalue weighted by Gasteiger charge is -2.40. The van der Waals surface area contributed by atoms with Crippen LogP contribution in [0.5, 0.6) is 0 Å². The standard InChI is InChI=1S/C39H78NO3P/c1-7-9-11-13-15-17-19-21-23-25-27-29-31-33-37(41)39(3,44-43-36-35-40(4,5)6)38(42)34-32-30-28-26-24-22-20-18-16-14-12-10-8-2/h7-36H2,1-6H3. The molecule has 0 heterocycles. The summed E-state index contributed by atoms with van der Waals surface area (Å²) in [4.78, 5) is 26.8. The number of Topliss-reactive ketones (excluding diaryl/α,β-unsaturated/α-hetero) is 2. The Bertz CT molecular complexity index is 618. The number of quaternary nitrogens is 1. The van der Waals surface area contributed by atoms with Gasteiger partial charge in [-0.3, -0.25) is 0 Å². The van der Waals surface area contributed by atoms with Gasteiger partial charge in [0.1, 0.15) is 11.6 Å². The Balaban J connectivity index is 4.29. The molecular formula is C39H78NO3P. The third-order valence-electron chi connectivity index (χ3n) is 9.20. The SMILES string of the molecule is CCCCCCCCCCCCCCCC(=O)C(C)([P-]OCC[N+](C)(C)C)C(=O)CCCCCCCCCCCCCCC. The van der Waals surface area contributed by atoms with Crippen LogP contribution in [0.25, 0.3) is 0 Å². The molecule has 0 aromatic carbocycles. The molecule has 0 N–H and O–H groups in total. The summed E-state index contributed by atoms with van der Waals surface area (Å²) < 4.78 is 6.78. The van der Waals surface area contributed by atoms with Crippen LogP contribution in [0.4, 0.5) is 0 Å². The van der Waals surface area contributed by atoms with E-state index in [2.05, 4.69) is 35.0 Å². The predicted molar refractivity (Wildman–Crippen MR) is 195 cm³/mol. The van der Waals surface area contributed by atoms with Crippen molar-refractivity contribution in [3.8, 4) is 0 Å². The topological polar surface area (TPSA) is 43.4 Å². The van der Waals surface area contributed by atoms with Crippen LogP contribution >= 0.6 is 8.81 Å². The first kappa shape index (κ1) is 43.7. The Morgan fingerprint density at radius 2 is 0.773 bits per heavy atom. The number of hydrogen-bond donors (Lipinski definition) is 0. The lowest BCUT2D eigenvalue weighted by Crippen LogP contribution is -2.41. The maximum atomic E-state index is 13.4. The van der Waals surface area contributed by atoms with Crippen molar-refractivity contribution in [3.05, 3.63) is 0 Å². The van der Waals surface area contributed by atoms with Crippen LogP contribution in [-0.2, 0) is 14.1 Å². The van der Waals surface area contributed by atoms with Crippen LogP contribution in [-0.4, -0.2) is 55.5 Å². The van der Waals surface area contributed by atoms with Crippen LogP contribution in [0.2, 0.25) is 0 Å². The molecule has 0 saturated heterocycles. The van der Waals surface area contributed by atoms with Crippen molar-refractivity contribution in [2.75, 3.05) is 34.3 Å². The summed E-state index contributed by atoms with van der Waals surface area (Å²) in [6, 6.07) is 0. The Morgan fingerprint density at radius 3 is 1.05 bits per heavy atom. The predicted octanol–water partition coefficient (Wildman–Crippen LogP) is 12.4. The van der Waals surface area contributed by atoms with Gasteiger partial charge in [0.2, 0.25) is 0 Å². The second-order valence-corrected chi connectivity index (χ2v) is 16.2. The van der Waals surface area contributed by atoms with E-state index >= 15 is 0 Å². The fraction of sp³-hybridized carbons (Fsp3) is 0.949. The van der Waals surface area contributed by atoms with Gasteiger partial charge in [-0.2, -0.15) is 0 Å². The maximum Gasteiger partial charge on any atom is 0.119 e. The van der Waals surface area contributed by atoms with Crippen molar-refractivity contribution in [2.45, 2.75) is 206 Å². The molecule has 0 rings (SSSR count). The van der Waals surface area contributed by atoms with Gasteiger partial charge >= 0.3 is 0 Å². The molecule has 0 atom stereocenters. The van der Waals surface area contributed by atoms with Gasteiger partial charge in [-0.1, -0.05) is 175 Å². The molecule has 0 spiro atoms. The number of ketones is 2. The zero-order valence-electron chi connectivity index (χ0n) is 30.8. The third kappa shape index (κ3) is 26.9. The fourth-order valence-corrected chi connectivity index (χ4v) is 6.70. The highest BCUT2D eigenvalue weighted by Crippen LogP contribution is 2.37. The molecule has 4 nitrogen and oxygen atoms in total. The minimum atomic E-state index is -1.01. The summed E-state index contributed by atoms with van der Waals surface area (Å²) in [5.41, 5.74) is 0. The number of rotatable bonds is 35. The normalized spacial score (nSPS) is 12.5. The van der Waals surface area contributed by atoms with Crippen molar-refractivity contribution in [2.24, 2.45) is 0 Å². The lowest BCUT2D eigenvalue weighted by molar-refractivity contribution is -0.870. The van der Waals surface area contributed by atoms with Crippen molar-refractivity contribution in [1.29, 1.82) is 0 Å². The van der Waals surface area contributed by atoms with Gasteiger partial charge in [0.25, 0.3) is 0 Å². The summed E-state index contributed by atoms with van der Waals surface area (Å²) in [5, 5.41) is -1.01. The van der Waals surface area contributed by atoms with Gasteiger partial charge in [-0.15, -0.1) is 0 Å². The highest BCUT2D eigenvalue weighted by atomic mass is 31.1. The summed E-state index contributed by atoms with van der Waals surface area (Å²) in [5.74, 6) is 0.180. The molecule has 44 heavy (non-hydrogen) atoms. The summed E-state index contributed by atoms with van der Waals surface area (Å²) in [7, 11) is 6.95. The number of unbranched alkanes of at least 4 members (excludes halogenated alkanes) is 24. The lowest BCUT2D eigenvalue weighted by atomic mass is 9.92. The van der Waals surface area contributed by atoms with E-state index in [0.717, 1.165) is 36.7 Å². The highest BCUT2D eigenvalue weighted by molar-refractivity contribution is 7.37. The number of carbonyl (C=O) groups is 2. The van der Waals surface area contributed by atoms with Gasteiger partial charge in [-0.05, 0) is 18.0 Å². The van der Waals surface area contributed by atoms with Crippen LogP contribution in [0.15, 0.2) is 0 Å². The molecule has 0 aromatic rings. The summed E-state index contributed by atoms with van der Waals surface area (Å²) >= 11 is 0. The highest BCUT2D eigenvalue weighted by Gasteiger charge is 2.30. The molecule has 262 valence electrons. The molecule has 5 heteroatoms.